The third-order valence-corrected chi connectivity index (χ3v) is 8.98. The number of nitrogens with zero attached hydrogens (tertiary/aromatic N) is 3. The molecule has 3 aliphatic rings. The highest BCUT2D eigenvalue weighted by Crippen LogP contribution is 2.53. The summed E-state index contributed by atoms with van der Waals surface area (Å²) in [5.41, 5.74) is 9.57. The summed E-state index contributed by atoms with van der Waals surface area (Å²) < 4.78 is 0. The number of Topliss-reactive ketones (excluding diaryl/α,β-unsaturated/α-hetero) is 1. The molecule has 3 aromatic rings. The molecule has 0 atom stereocenters. The Morgan fingerprint density at radius 1 is 1.02 bits per heavy atom. The molecule has 7 nitrogen and oxygen atoms in total. The number of nitrogens with two attached hydrogens (primary N) is 1. The minimum Gasteiger partial charge on any atom is -0.372 e. The van der Waals surface area contributed by atoms with Crippen LogP contribution < -0.4 is 5.73 Å². The average Bonchev–Trinajstić information content (AvgIpc) is 4.03. The van der Waals surface area contributed by atoms with Crippen molar-refractivity contribution in [3.63, 3.8) is 0 Å². The minimum absolute atomic E-state index is 0.250. The van der Waals surface area contributed by atoms with Gasteiger partial charge in [-0.25, -0.2) is 4.98 Å². The molecule has 3 heterocycles. The number of rotatable bonds is 11. The highest BCUT2D eigenvalue weighted by molar-refractivity contribution is 5.84. The van der Waals surface area contributed by atoms with E-state index in [1.165, 1.54) is 69.2 Å². The SMILES string of the molecule is C#C.CC.CCC(=O)CCCCCCc1ncc(-c2ccc3nc(C4CC4)ccc3c2)[nH]1.CCN1CCC2(CC1)CC2.NC=O. The first kappa shape index (κ1) is 37.7. The molecule has 6 rings (SSSR count). The van der Waals surface area contributed by atoms with Gasteiger partial charge in [-0.05, 0) is 94.6 Å². The largest absolute Gasteiger partial charge is 0.372 e. The summed E-state index contributed by atoms with van der Waals surface area (Å²) in [5.74, 6) is 2.11. The highest BCUT2D eigenvalue weighted by atomic mass is 16.1. The second-order valence-electron chi connectivity index (χ2n) is 12.0. The van der Waals surface area contributed by atoms with Gasteiger partial charge >= 0.3 is 0 Å². The van der Waals surface area contributed by atoms with Crippen molar-refractivity contribution < 1.29 is 9.59 Å². The summed E-state index contributed by atoms with van der Waals surface area (Å²) in [7, 11) is 0. The molecule has 2 saturated carbocycles. The van der Waals surface area contributed by atoms with Crippen molar-refractivity contribution in [3.8, 4) is 24.1 Å². The van der Waals surface area contributed by atoms with Crippen molar-refractivity contribution in [3.05, 3.63) is 48.0 Å². The van der Waals surface area contributed by atoms with Gasteiger partial charge in [0, 0.05) is 41.8 Å². The van der Waals surface area contributed by atoms with Crippen LogP contribution in [-0.4, -0.2) is 51.7 Å². The van der Waals surface area contributed by atoms with Crippen LogP contribution in [0.3, 0.4) is 0 Å². The number of carbonyl (C=O) groups excluding carboxylic acids is 2. The zero-order valence-corrected chi connectivity index (χ0v) is 28.3. The molecule has 7 heteroatoms. The summed E-state index contributed by atoms with van der Waals surface area (Å²) in [4.78, 5) is 35.3. The average molecular weight is 616 g/mol. The van der Waals surface area contributed by atoms with Crippen LogP contribution in [0.15, 0.2) is 36.5 Å². The number of pyridine rings is 1. The Morgan fingerprint density at radius 3 is 2.29 bits per heavy atom. The van der Waals surface area contributed by atoms with Crippen LogP contribution in [0.2, 0.25) is 0 Å². The van der Waals surface area contributed by atoms with Crippen LogP contribution in [0.5, 0.6) is 0 Å². The van der Waals surface area contributed by atoms with Gasteiger partial charge in [0.05, 0.1) is 17.4 Å². The van der Waals surface area contributed by atoms with Gasteiger partial charge in [-0.3, -0.25) is 14.6 Å². The van der Waals surface area contributed by atoms with Crippen molar-refractivity contribution in [1.29, 1.82) is 0 Å². The predicted octanol–water partition coefficient (Wildman–Crippen LogP) is 8.23. The van der Waals surface area contributed by atoms with Gasteiger partial charge in [0.2, 0.25) is 6.41 Å². The number of primary amides is 1. The molecule has 45 heavy (non-hydrogen) atoms. The molecular formula is C38H57N5O2. The van der Waals surface area contributed by atoms with Crippen LogP contribution >= 0.6 is 0 Å². The lowest BCUT2D eigenvalue weighted by Gasteiger charge is -2.30. The van der Waals surface area contributed by atoms with E-state index in [-0.39, 0.29) is 6.41 Å². The lowest BCUT2D eigenvalue weighted by Crippen LogP contribution is -2.34. The number of H-pyrrole nitrogens is 1. The lowest BCUT2D eigenvalue weighted by molar-refractivity contribution is -0.118. The molecule has 1 aliphatic heterocycles. The number of hydrogen-bond acceptors (Lipinski definition) is 5. The fourth-order valence-electron chi connectivity index (χ4n) is 5.72. The van der Waals surface area contributed by atoms with E-state index in [4.69, 9.17) is 9.78 Å². The third-order valence-electron chi connectivity index (χ3n) is 8.98. The summed E-state index contributed by atoms with van der Waals surface area (Å²) >= 11 is 0. The van der Waals surface area contributed by atoms with Gasteiger partial charge in [-0.2, -0.15) is 0 Å². The Labute approximate surface area is 272 Å². The van der Waals surface area contributed by atoms with Crippen LogP contribution in [0.25, 0.3) is 22.2 Å². The van der Waals surface area contributed by atoms with Crippen molar-refractivity contribution >= 4 is 23.1 Å². The molecule has 1 saturated heterocycles. The highest BCUT2D eigenvalue weighted by Gasteiger charge is 2.43. The quantitative estimate of drug-likeness (QED) is 0.128. The second-order valence-corrected chi connectivity index (χ2v) is 12.0. The van der Waals surface area contributed by atoms with Crippen molar-refractivity contribution in [2.75, 3.05) is 19.6 Å². The number of unbranched alkanes of at least 4 members (excludes halogenated alkanes) is 3. The molecule has 246 valence electrons. The molecule has 3 N–H and O–H groups in total. The number of imidazole rings is 1. The number of carbonyl (C=O) groups is 2. The zero-order valence-electron chi connectivity index (χ0n) is 28.3. The molecule has 3 fully saturated rings. The van der Waals surface area contributed by atoms with Gasteiger partial charge in [-0.1, -0.05) is 52.7 Å². The molecule has 2 aliphatic carbocycles. The number of aryl methyl sites for hydroxylation is 1. The van der Waals surface area contributed by atoms with Crippen LogP contribution in [0.1, 0.15) is 122 Å². The molecule has 0 bridgehead atoms. The first-order valence-corrected chi connectivity index (χ1v) is 17.2. The van der Waals surface area contributed by atoms with E-state index in [1.54, 1.807) is 0 Å². The summed E-state index contributed by atoms with van der Waals surface area (Å²) in [6.07, 6.45) is 25.6. The topological polar surface area (TPSA) is 105 Å². The smallest absolute Gasteiger partial charge is 0.204 e. The Morgan fingerprint density at radius 2 is 1.69 bits per heavy atom. The second kappa shape index (κ2) is 20.5. The fraction of sp³-hybridized carbons (Fsp3) is 0.579. The van der Waals surface area contributed by atoms with E-state index in [0.717, 1.165) is 66.5 Å². The summed E-state index contributed by atoms with van der Waals surface area (Å²) in [5, 5.41) is 1.18. The van der Waals surface area contributed by atoms with E-state index in [9.17, 15) is 4.79 Å². The molecule has 1 amide bonds. The van der Waals surface area contributed by atoms with E-state index >= 15 is 0 Å². The van der Waals surface area contributed by atoms with E-state index in [0.29, 0.717) is 18.1 Å². The van der Waals surface area contributed by atoms with E-state index in [2.05, 4.69) is 70.7 Å². The number of aromatic amines is 1. The number of terminal acetylenes is 1. The Balaban J connectivity index is 0.000000342. The van der Waals surface area contributed by atoms with Crippen LogP contribution in [-0.2, 0) is 16.0 Å². The Bertz CT molecular complexity index is 1300. The first-order valence-electron chi connectivity index (χ1n) is 17.2. The molecule has 1 aromatic carbocycles. The third kappa shape index (κ3) is 12.8. The first-order chi connectivity index (χ1) is 22.0. The summed E-state index contributed by atoms with van der Waals surface area (Å²) in [6.45, 7) is 12.2. The normalized spacial score (nSPS) is 16.0. The molecule has 1 spiro atoms. The number of ketones is 1. The zero-order chi connectivity index (χ0) is 33.1. The maximum Gasteiger partial charge on any atom is 0.204 e. The molecule has 2 aromatic heterocycles. The van der Waals surface area contributed by atoms with Gasteiger partial charge in [0.1, 0.15) is 11.6 Å². The van der Waals surface area contributed by atoms with Crippen LogP contribution in [0, 0.1) is 18.3 Å². The predicted molar refractivity (Wildman–Crippen MR) is 188 cm³/mol. The van der Waals surface area contributed by atoms with Gasteiger partial charge < -0.3 is 15.6 Å². The number of piperidine rings is 1. The minimum atomic E-state index is 0.250. The number of fused-ring (bicyclic) bond motifs is 1. The van der Waals surface area contributed by atoms with Crippen molar-refractivity contribution in [1.82, 2.24) is 19.9 Å². The molecular weight excluding hydrogens is 558 g/mol. The standard InChI is InChI=1S/C24H29N3O.C9H17N.C2H6.C2H2.CH3NO/c1-2-20(28)7-5-3-4-6-8-24-25-16-23(27-24)19-12-14-22-18(15-19)11-13-21(26-22)17-9-10-17;1-2-10-7-5-9(3-4-9)6-8-10;2*1-2;2-1-3/h11-17H,2-10H2,1H3,(H,25,27);2-8H2,1H3;1-2H3;1-2H;1H,(H2,2,3). The number of nitrogens with one attached hydrogen (secondary N) is 1. The van der Waals surface area contributed by atoms with E-state index < -0.39 is 0 Å². The number of benzene rings is 1. The Kier molecular flexibility index (Phi) is 17.2. The monoisotopic (exact) mass is 615 g/mol. The van der Waals surface area contributed by atoms with Crippen molar-refractivity contribution in [2.45, 2.75) is 117 Å². The van der Waals surface area contributed by atoms with Gasteiger partial charge in [0.15, 0.2) is 0 Å². The van der Waals surface area contributed by atoms with Crippen molar-refractivity contribution in [2.24, 2.45) is 11.1 Å². The lowest BCUT2D eigenvalue weighted by atomic mass is 9.94. The maximum absolute atomic E-state index is 11.3. The summed E-state index contributed by atoms with van der Waals surface area (Å²) in [6, 6.07) is 10.8. The fourth-order valence-corrected chi connectivity index (χ4v) is 5.72. The van der Waals surface area contributed by atoms with Gasteiger partial charge in [-0.15, -0.1) is 12.8 Å². The van der Waals surface area contributed by atoms with E-state index in [1.807, 2.05) is 27.0 Å². The van der Waals surface area contributed by atoms with Crippen LogP contribution in [0.4, 0.5) is 0 Å². The maximum atomic E-state index is 11.3. The Hall–Kier alpha value is -3.50. The van der Waals surface area contributed by atoms with Gasteiger partial charge in [0.25, 0.3) is 0 Å². The number of aromatic nitrogens is 3. The number of hydrogen-bond donors (Lipinski definition) is 2. The molecule has 0 unspecified atom stereocenters. The number of likely N-dealkylation sites (tertiary alicyclic amines) is 1. The molecule has 0 radical (unpaired) electrons. The number of amides is 1.